The van der Waals surface area contributed by atoms with Crippen LogP contribution in [0.1, 0.15) is 12.5 Å². The number of allylic oxidation sites excluding steroid dienone is 2. The fourth-order valence-electron chi connectivity index (χ4n) is 1.13. The third-order valence-electron chi connectivity index (χ3n) is 1.87. The van der Waals surface area contributed by atoms with E-state index in [1.807, 2.05) is 6.07 Å². The van der Waals surface area contributed by atoms with Crippen molar-refractivity contribution < 1.29 is 9.13 Å². The summed E-state index contributed by atoms with van der Waals surface area (Å²) >= 11 is 0. The number of hydrogen-bond acceptors (Lipinski definition) is 2. The van der Waals surface area contributed by atoms with E-state index in [0.29, 0.717) is 11.1 Å². The summed E-state index contributed by atoms with van der Waals surface area (Å²) in [5.74, 6) is -0.276. The number of halogens is 1. The summed E-state index contributed by atoms with van der Waals surface area (Å²) < 4.78 is 18.0. The van der Waals surface area contributed by atoms with Crippen molar-refractivity contribution in [1.29, 1.82) is 5.26 Å². The quantitative estimate of drug-likeness (QED) is 0.673. The van der Waals surface area contributed by atoms with Gasteiger partial charge in [0.1, 0.15) is 0 Å². The van der Waals surface area contributed by atoms with Crippen molar-refractivity contribution in [2.45, 2.75) is 6.92 Å². The van der Waals surface area contributed by atoms with Crippen LogP contribution in [0.5, 0.6) is 5.75 Å². The number of nitriles is 1. The molecule has 0 radical (unpaired) electrons. The van der Waals surface area contributed by atoms with Gasteiger partial charge in [0.2, 0.25) is 0 Å². The van der Waals surface area contributed by atoms with Crippen molar-refractivity contribution >= 4 is 5.57 Å². The van der Waals surface area contributed by atoms with Crippen molar-refractivity contribution in [3.8, 4) is 11.8 Å². The fraction of sp³-hybridized carbons (Fsp3) is 0.182. The molecule has 0 aliphatic rings. The molecule has 0 aliphatic heterocycles. The predicted octanol–water partition coefficient (Wildman–Crippen LogP) is 2.76. The first-order valence-electron chi connectivity index (χ1n) is 4.13. The number of ether oxygens (including phenoxy) is 1. The van der Waals surface area contributed by atoms with Crippen LogP contribution in [-0.4, -0.2) is 7.11 Å². The zero-order valence-electron chi connectivity index (χ0n) is 8.04. The fourth-order valence-corrected chi connectivity index (χ4v) is 1.13. The molecule has 0 saturated carbocycles. The molecule has 0 unspecified atom stereocenters. The number of methoxy groups -OCH3 is 1. The number of nitrogens with zero attached hydrogens (tertiary/aromatic N) is 1. The summed E-state index contributed by atoms with van der Waals surface area (Å²) in [6.45, 7) is 1.74. The highest BCUT2D eigenvalue weighted by Gasteiger charge is 2.05. The molecule has 2 nitrogen and oxygen atoms in total. The van der Waals surface area contributed by atoms with Crippen molar-refractivity contribution in [1.82, 2.24) is 0 Å². The molecule has 1 aromatic rings. The topological polar surface area (TPSA) is 33.0 Å². The molecule has 14 heavy (non-hydrogen) atoms. The SMILES string of the molecule is C/C=C(\C#N)c1ccc(OC)c(F)c1. The van der Waals surface area contributed by atoms with Gasteiger partial charge in [-0.25, -0.2) is 4.39 Å². The Morgan fingerprint density at radius 3 is 2.71 bits per heavy atom. The molecule has 0 heterocycles. The first-order chi connectivity index (χ1) is 6.72. The highest BCUT2D eigenvalue weighted by Crippen LogP contribution is 2.21. The monoisotopic (exact) mass is 191 g/mol. The molecule has 1 aromatic carbocycles. The molecule has 0 spiro atoms. The minimum absolute atomic E-state index is 0.183. The number of benzene rings is 1. The van der Waals surface area contributed by atoms with Crippen LogP contribution in [0.3, 0.4) is 0 Å². The molecule has 0 fully saturated rings. The predicted molar refractivity (Wildman–Crippen MR) is 52.2 cm³/mol. The molecule has 1 rings (SSSR count). The highest BCUT2D eigenvalue weighted by atomic mass is 19.1. The van der Waals surface area contributed by atoms with Crippen LogP contribution in [0.4, 0.5) is 4.39 Å². The Morgan fingerprint density at radius 2 is 2.29 bits per heavy atom. The molecule has 0 atom stereocenters. The van der Waals surface area contributed by atoms with Gasteiger partial charge < -0.3 is 4.74 Å². The maximum Gasteiger partial charge on any atom is 0.165 e. The molecular weight excluding hydrogens is 181 g/mol. The molecule has 0 N–H and O–H groups in total. The van der Waals surface area contributed by atoms with Crippen LogP contribution in [0.15, 0.2) is 24.3 Å². The van der Waals surface area contributed by atoms with E-state index in [9.17, 15) is 4.39 Å². The van der Waals surface area contributed by atoms with Gasteiger partial charge in [-0.05, 0) is 30.7 Å². The van der Waals surface area contributed by atoms with Crippen LogP contribution in [-0.2, 0) is 0 Å². The minimum atomic E-state index is -0.459. The van der Waals surface area contributed by atoms with Crippen molar-refractivity contribution in [2.75, 3.05) is 7.11 Å². The van der Waals surface area contributed by atoms with Crippen LogP contribution < -0.4 is 4.74 Å². The van der Waals surface area contributed by atoms with Gasteiger partial charge in [-0.2, -0.15) is 5.26 Å². The lowest BCUT2D eigenvalue weighted by molar-refractivity contribution is 0.386. The van der Waals surface area contributed by atoms with Crippen LogP contribution >= 0.6 is 0 Å². The minimum Gasteiger partial charge on any atom is -0.494 e. The number of rotatable bonds is 2. The lowest BCUT2D eigenvalue weighted by atomic mass is 10.1. The Balaban J connectivity index is 3.16. The lowest BCUT2D eigenvalue weighted by Crippen LogP contribution is -1.90. The van der Waals surface area contributed by atoms with E-state index in [4.69, 9.17) is 10.00 Å². The second-order valence-electron chi connectivity index (χ2n) is 2.66. The molecule has 0 bridgehead atoms. The summed E-state index contributed by atoms with van der Waals surface area (Å²) in [5, 5.41) is 8.72. The van der Waals surface area contributed by atoms with Crippen LogP contribution in [0.2, 0.25) is 0 Å². The molecule has 0 saturated heterocycles. The van der Waals surface area contributed by atoms with E-state index >= 15 is 0 Å². The van der Waals surface area contributed by atoms with Crippen molar-refractivity contribution in [3.63, 3.8) is 0 Å². The third-order valence-corrected chi connectivity index (χ3v) is 1.87. The average molecular weight is 191 g/mol. The second kappa shape index (κ2) is 4.43. The van der Waals surface area contributed by atoms with Gasteiger partial charge >= 0.3 is 0 Å². The summed E-state index contributed by atoms with van der Waals surface area (Å²) in [6, 6.07) is 6.43. The average Bonchev–Trinajstić information content (AvgIpc) is 2.20. The molecule has 0 aromatic heterocycles. The first kappa shape index (κ1) is 10.3. The Morgan fingerprint density at radius 1 is 1.57 bits per heavy atom. The van der Waals surface area contributed by atoms with Crippen LogP contribution in [0, 0.1) is 17.1 Å². The summed E-state index contributed by atoms with van der Waals surface area (Å²) in [4.78, 5) is 0. The second-order valence-corrected chi connectivity index (χ2v) is 2.66. The molecular formula is C11H10FNO. The normalized spacial score (nSPS) is 10.9. The van der Waals surface area contributed by atoms with E-state index in [-0.39, 0.29) is 5.75 Å². The summed E-state index contributed by atoms with van der Waals surface area (Å²) in [5.41, 5.74) is 1.01. The largest absolute Gasteiger partial charge is 0.494 e. The van der Waals surface area contributed by atoms with E-state index in [1.165, 1.54) is 19.2 Å². The molecule has 3 heteroatoms. The lowest BCUT2D eigenvalue weighted by Gasteiger charge is -2.03. The Bertz CT molecular complexity index is 404. The zero-order chi connectivity index (χ0) is 10.6. The van der Waals surface area contributed by atoms with E-state index in [0.717, 1.165) is 0 Å². The summed E-state index contributed by atoms with van der Waals surface area (Å²) in [7, 11) is 1.40. The van der Waals surface area contributed by atoms with Gasteiger partial charge in [-0.15, -0.1) is 0 Å². The Labute approximate surface area is 82.2 Å². The third kappa shape index (κ3) is 1.91. The Hall–Kier alpha value is -1.82. The first-order valence-corrected chi connectivity index (χ1v) is 4.13. The van der Waals surface area contributed by atoms with Gasteiger partial charge in [0.25, 0.3) is 0 Å². The van der Waals surface area contributed by atoms with Gasteiger partial charge in [-0.1, -0.05) is 6.08 Å². The summed E-state index contributed by atoms with van der Waals surface area (Å²) in [6.07, 6.45) is 1.64. The number of hydrogen-bond donors (Lipinski definition) is 0. The van der Waals surface area contributed by atoms with Crippen LogP contribution in [0.25, 0.3) is 5.57 Å². The van der Waals surface area contributed by atoms with Gasteiger partial charge in [0, 0.05) is 0 Å². The van der Waals surface area contributed by atoms with E-state index in [2.05, 4.69) is 0 Å². The standard InChI is InChI=1S/C11H10FNO/c1-3-8(7-13)9-4-5-11(14-2)10(12)6-9/h3-6H,1-2H3/b8-3+. The highest BCUT2D eigenvalue weighted by molar-refractivity contribution is 5.76. The molecule has 0 aliphatic carbocycles. The Kier molecular flexibility index (Phi) is 3.24. The molecule has 0 amide bonds. The van der Waals surface area contributed by atoms with E-state index in [1.54, 1.807) is 19.1 Å². The van der Waals surface area contributed by atoms with Crippen molar-refractivity contribution in [2.24, 2.45) is 0 Å². The maximum absolute atomic E-state index is 13.2. The zero-order valence-corrected chi connectivity index (χ0v) is 8.04. The van der Waals surface area contributed by atoms with E-state index < -0.39 is 5.82 Å². The smallest absolute Gasteiger partial charge is 0.165 e. The van der Waals surface area contributed by atoms with Crippen molar-refractivity contribution in [3.05, 3.63) is 35.7 Å². The van der Waals surface area contributed by atoms with Gasteiger partial charge in [0.05, 0.1) is 18.8 Å². The van der Waals surface area contributed by atoms with Gasteiger partial charge in [0.15, 0.2) is 11.6 Å². The maximum atomic E-state index is 13.2. The van der Waals surface area contributed by atoms with Gasteiger partial charge in [-0.3, -0.25) is 0 Å². The molecule has 72 valence electrons.